The van der Waals surface area contributed by atoms with Crippen molar-refractivity contribution in [2.24, 2.45) is 0 Å². The van der Waals surface area contributed by atoms with Crippen molar-refractivity contribution in [3.63, 3.8) is 0 Å². The third-order valence-corrected chi connectivity index (χ3v) is 3.64. The maximum atomic E-state index is 13.6. The summed E-state index contributed by atoms with van der Waals surface area (Å²) in [6, 6.07) is 7.89. The number of hydrogen-bond acceptors (Lipinski definition) is 3. The number of anilines is 1. The SMILES string of the molecule is CSc1ccc(NC(=O)Cc2c(F)cccc2Cl)cn1. The number of nitrogens with one attached hydrogen (secondary N) is 1. The average Bonchev–Trinajstić information content (AvgIpc) is 2.44. The molecule has 0 spiro atoms. The second-order valence-corrected chi connectivity index (χ2v) is 5.25. The summed E-state index contributed by atoms with van der Waals surface area (Å²) in [6.45, 7) is 0. The van der Waals surface area contributed by atoms with Crippen molar-refractivity contribution in [1.29, 1.82) is 0 Å². The van der Waals surface area contributed by atoms with Crippen LogP contribution in [-0.4, -0.2) is 17.1 Å². The van der Waals surface area contributed by atoms with Gasteiger partial charge in [-0.3, -0.25) is 4.79 Å². The van der Waals surface area contributed by atoms with Crippen LogP contribution in [0.15, 0.2) is 41.6 Å². The number of thioether (sulfide) groups is 1. The van der Waals surface area contributed by atoms with Gasteiger partial charge in [0, 0.05) is 10.6 Å². The largest absolute Gasteiger partial charge is 0.324 e. The van der Waals surface area contributed by atoms with Gasteiger partial charge in [0.2, 0.25) is 5.91 Å². The molecule has 6 heteroatoms. The van der Waals surface area contributed by atoms with E-state index in [1.807, 2.05) is 6.26 Å². The Kier molecular flexibility index (Phi) is 4.98. The topological polar surface area (TPSA) is 42.0 Å². The van der Waals surface area contributed by atoms with Gasteiger partial charge in [0.25, 0.3) is 0 Å². The van der Waals surface area contributed by atoms with Crippen LogP contribution in [0, 0.1) is 5.82 Å². The summed E-state index contributed by atoms with van der Waals surface area (Å²) in [5.41, 5.74) is 0.764. The number of carbonyl (C=O) groups excluding carboxylic acids is 1. The molecule has 0 aliphatic rings. The molecule has 0 atom stereocenters. The van der Waals surface area contributed by atoms with Gasteiger partial charge in [0.1, 0.15) is 5.82 Å². The predicted octanol–water partition coefficient (Wildman–Crippen LogP) is 3.78. The molecule has 0 fully saturated rings. The first-order chi connectivity index (χ1) is 9.60. The predicted molar refractivity (Wildman–Crippen MR) is 79.8 cm³/mol. The molecule has 2 rings (SSSR count). The lowest BCUT2D eigenvalue weighted by Gasteiger charge is -2.07. The number of hydrogen-bond donors (Lipinski definition) is 1. The van der Waals surface area contributed by atoms with E-state index in [2.05, 4.69) is 10.3 Å². The van der Waals surface area contributed by atoms with Crippen molar-refractivity contribution in [1.82, 2.24) is 4.98 Å². The lowest BCUT2D eigenvalue weighted by molar-refractivity contribution is -0.115. The van der Waals surface area contributed by atoms with E-state index in [4.69, 9.17) is 11.6 Å². The summed E-state index contributed by atoms with van der Waals surface area (Å²) in [5.74, 6) is -0.820. The molecule has 20 heavy (non-hydrogen) atoms. The fraction of sp³-hybridized carbons (Fsp3) is 0.143. The van der Waals surface area contributed by atoms with Crippen LogP contribution >= 0.6 is 23.4 Å². The number of aromatic nitrogens is 1. The van der Waals surface area contributed by atoms with Crippen LogP contribution in [0.4, 0.5) is 10.1 Å². The molecule has 3 nitrogen and oxygen atoms in total. The van der Waals surface area contributed by atoms with Crippen LogP contribution in [0.1, 0.15) is 5.56 Å². The molecule has 1 aromatic heterocycles. The summed E-state index contributed by atoms with van der Waals surface area (Å²) in [7, 11) is 0. The minimum atomic E-state index is -0.483. The van der Waals surface area contributed by atoms with Gasteiger partial charge >= 0.3 is 0 Å². The van der Waals surface area contributed by atoms with Crippen LogP contribution in [0.3, 0.4) is 0 Å². The Morgan fingerprint density at radius 1 is 1.40 bits per heavy atom. The summed E-state index contributed by atoms with van der Waals surface area (Å²) < 4.78 is 13.6. The van der Waals surface area contributed by atoms with Crippen LogP contribution in [0.2, 0.25) is 5.02 Å². The number of benzene rings is 1. The number of nitrogens with zero attached hydrogens (tertiary/aromatic N) is 1. The third-order valence-electron chi connectivity index (χ3n) is 2.63. The zero-order valence-electron chi connectivity index (χ0n) is 10.7. The lowest BCUT2D eigenvalue weighted by Crippen LogP contribution is -2.15. The molecule has 0 bridgehead atoms. The molecule has 1 N–H and O–H groups in total. The van der Waals surface area contributed by atoms with Crippen molar-refractivity contribution >= 4 is 35.0 Å². The molecule has 0 saturated carbocycles. The molecule has 1 heterocycles. The molecule has 1 amide bonds. The first-order valence-corrected chi connectivity index (χ1v) is 7.43. The van der Waals surface area contributed by atoms with Crippen LogP contribution in [0.5, 0.6) is 0 Å². The van der Waals surface area contributed by atoms with Crippen molar-refractivity contribution in [3.05, 3.63) is 52.9 Å². The van der Waals surface area contributed by atoms with E-state index in [-0.39, 0.29) is 22.9 Å². The van der Waals surface area contributed by atoms with Crippen LogP contribution in [0.25, 0.3) is 0 Å². The smallest absolute Gasteiger partial charge is 0.229 e. The zero-order chi connectivity index (χ0) is 14.5. The molecular weight excluding hydrogens is 299 g/mol. The molecule has 0 saturated heterocycles. The highest BCUT2D eigenvalue weighted by molar-refractivity contribution is 7.98. The molecule has 2 aromatic rings. The first kappa shape index (κ1) is 14.8. The van der Waals surface area contributed by atoms with Crippen LogP contribution < -0.4 is 5.32 Å². The number of amides is 1. The normalized spacial score (nSPS) is 10.3. The molecule has 1 aromatic carbocycles. The fourth-order valence-corrected chi connectivity index (χ4v) is 2.23. The van der Waals surface area contributed by atoms with Gasteiger partial charge in [0.15, 0.2) is 0 Å². The van der Waals surface area contributed by atoms with Gasteiger partial charge in [0.05, 0.1) is 23.3 Å². The maximum absolute atomic E-state index is 13.6. The minimum Gasteiger partial charge on any atom is -0.324 e. The highest BCUT2D eigenvalue weighted by atomic mass is 35.5. The van der Waals surface area contributed by atoms with E-state index < -0.39 is 5.82 Å². The van der Waals surface area contributed by atoms with E-state index in [0.29, 0.717) is 5.69 Å². The summed E-state index contributed by atoms with van der Waals surface area (Å²) >= 11 is 7.39. The molecule has 104 valence electrons. The first-order valence-electron chi connectivity index (χ1n) is 5.83. The highest BCUT2D eigenvalue weighted by Gasteiger charge is 2.12. The summed E-state index contributed by atoms with van der Waals surface area (Å²) in [5, 5.41) is 3.77. The Labute approximate surface area is 125 Å². The maximum Gasteiger partial charge on any atom is 0.229 e. The quantitative estimate of drug-likeness (QED) is 0.874. The van der Waals surface area contributed by atoms with Crippen molar-refractivity contribution < 1.29 is 9.18 Å². The van der Waals surface area contributed by atoms with E-state index in [1.165, 1.54) is 23.9 Å². The number of carbonyl (C=O) groups is 1. The highest BCUT2D eigenvalue weighted by Crippen LogP contribution is 2.20. The van der Waals surface area contributed by atoms with Gasteiger partial charge in [-0.25, -0.2) is 9.37 Å². The van der Waals surface area contributed by atoms with Crippen molar-refractivity contribution in [3.8, 4) is 0 Å². The molecule has 0 unspecified atom stereocenters. The Balaban J connectivity index is 2.05. The second-order valence-electron chi connectivity index (χ2n) is 4.01. The third kappa shape index (κ3) is 3.71. The van der Waals surface area contributed by atoms with Crippen molar-refractivity contribution in [2.75, 3.05) is 11.6 Å². The number of halogens is 2. The monoisotopic (exact) mass is 310 g/mol. The molecular formula is C14H12ClFN2OS. The van der Waals surface area contributed by atoms with Crippen molar-refractivity contribution in [2.45, 2.75) is 11.4 Å². The van der Waals surface area contributed by atoms with E-state index in [1.54, 1.807) is 24.4 Å². The Morgan fingerprint density at radius 3 is 2.80 bits per heavy atom. The molecule has 0 aliphatic heterocycles. The van der Waals surface area contributed by atoms with Gasteiger partial charge in [-0.05, 0) is 30.5 Å². The van der Waals surface area contributed by atoms with E-state index in [0.717, 1.165) is 5.03 Å². The average molecular weight is 311 g/mol. The van der Waals surface area contributed by atoms with Gasteiger partial charge < -0.3 is 5.32 Å². The summed E-state index contributed by atoms with van der Waals surface area (Å²) in [6.07, 6.45) is 3.36. The lowest BCUT2D eigenvalue weighted by atomic mass is 10.1. The number of rotatable bonds is 4. The Hall–Kier alpha value is -1.59. The van der Waals surface area contributed by atoms with Gasteiger partial charge in [-0.15, -0.1) is 11.8 Å². The second kappa shape index (κ2) is 6.72. The van der Waals surface area contributed by atoms with E-state index >= 15 is 0 Å². The Bertz CT molecular complexity index is 599. The van der Waals surface area contributed by atoms with Gasteiger partial charge in [-0.1, -0.05) is 17.7 Å². The van der Waals surface area contributed by atoms with E-state index in [9.17, 15) is 9.18 Å². The molecule has 0 radical (unpaired) electrons. The van der Waals surface area contributed by atoms with Crippen LogP contribution in [-0.2, 0) is 11.2 Å². The fourth-order valence-electron chi connectivity index (χ4n) is 1.64. The zero-order valence-corrected chi connectivity index (χ0v) is 12.3. The summed E-state index contributed by atoms with van der Waals surface area (Å²) in [4.78, 5) is 16.0. The number of pyridine rings is 1. The Morgan fingerprint density at radius 2 is 2.20 bits per heavy atom. The minimum absolute atomic E-state index is 0.115. The molecule has 0 aliphatic carbocycles. The standard InChI is InChI=1S/C14H12ClFN2OS/c1-20-14-6-5-9(8-17-14)18-13(19)7-10-11(15)3-2-4-12(10)16/h2-6,8H,7H2,1H3,(H,18,19). The van der Waals surface area contributed by atoms with Gasteiger partial charge in [-0.2, -0.15) is 0 Å².